The number of allylic oxidation sites excluding steroid dienone is 1. The summed E-state index contributed by atoms with van der Waals surface area (Å²) < 4.78 is 8.94. The highest BCUT2D eigenvalue weighted by Gasteiger charge is 2.35. The minimum absolute atomic E-state index is 0.209. The molecule has 2 amide bonds. The summed E-state index contributed by atoms with van der Waals surface area (Å²) in [6.07, 6.45) is 0. The molecule has 1 aromatic carbocycles. The van der Waals surface area contributed by atoms with E-state index < -0.39 is 28.4 Å². The Morgan fingerprint density at radius 3 is 2.60 bits per heavy atom. The maximum Gasteiger partial charge on any atom is 0.338 e. The summed E-state index contributed by atoms with van der Waals surface area (Å²) in [6.45, 7) is 3.46. The van der Waals surface area contributed by atoms with Gasteiger partial charge in [-0.2, -0.15) is 0 Å². The van der Waals surface area contributed by atoms with Crippen LogP contribution in [-0.2, 0) is 9.53 Å². The molecule has 2 N–H and O–H groups in total. The van der Waals surface area contributed by atoms with Crippen LogP contribution in [0.15, 0.2) is 35.5 Å². The fraction of sp³-hybridized carbons (Fsp3) is 0.375. The van der Waals surface area contributed by atoms with Gasteiger partial charge in [0.1, 0.15) is 12.4 Å². The van der Waals surface area contributed by atoms with Crippen molar-refractivity contribution < 1.29 is 19.1 Å². The molecule has 0 bridgehead atoms. The van der Waals surface area contributed by atoms with E-state index >= 15 is 0 Å². The number of benzene rings is 1. The summed E-state index contributed by atoms with van der Waals surface area (Å²) in [7, 11) is 0. The van der Waals surface area contributed by atoms with E-state index in [1.54, 1.807) is 31.2 Å². The van der Waals surface area contributed by atoms with E-state index in [0.29, 0.717) is 23.6 Å². The lowest BCUT2D eigenvalue weighted by Gasteiger charge is -2.29. The molecule has 136 valence electrons. The first-order valence-corrected chi connectivity index (χ1v) is 8.60. The van der Waals surface area contributed by atoms with Crippen LogP contribution in [-0.4, -0.2) is 29.0 Å². The molecule has 0 aliphatic carbocycles. The monoisotopic (exact) mass is 406 g/mol. The van der Waals surface area contributed by atoms with E-state index in [-0.39, 0.29) is 5.57 Å². The number of hydrogen-bond donors (Lipinski definition) is 2. The number of para-hydroxylation sites is 1. The van der Waals surface area contributed by atoms with Crippen molar-refractivity contribution in [3.63, 3.8) is 0 Å². The molecule has 1 aliphatic heterocycles. The summed E-state index contributed by atoms with van der Waals surface area (Å²) in [5, 5.41) is 5.25. The summed E-state index contributed by atoms with van der Waals surface area (Å²) in [5.74, 6) is -0.149. The van der Waals surface area contributed by atoms with Gasteiger partial charge in [-0.05, 0) is 19.9 Å². The molecule has 0 unspecified atom stereocenters. The van der Waals surface area contributed by atoms with Crippen molar-refractivity contribution in [1.29, 1.82) is 0 Å². The van der Waals surface area contributed by atoms with Crippen molar-refractivity contribution in [3.8, 4) is 5.75 Å². The lowest BCUT2D eigenvalue weighted by Crippen LogP contribution is -2.45. The van der Waals surface area contributed by atoms with Crippen molar-refractivity contribution >= 4 is 46.8 Å². The molecule has 9 heteroatoms. The van der Waals surface area contributed by atoms with Gasteiger partial charge >= 0.3 is 12.0 Å². The lowest BCUT2D eigenvalue weighted by atomic mass is 9.95. The van der Waals surface area contributed by atoms with E-state index in [9.17, 15) is 9.59 Å². The van der Waals surface area contributed by atoms with E-state index in [1.165, 1.54) is 0 Å². The fourth-order valence-electron chi connectivity index (χ4n) is 2.43. The fourth-order valence-corrected chi connectivity index (χ4v) is 2.59. The quantitative estimate of drug-likeness (QED) is 0.577. The second-order valence-corrected chi connectivity index (χ2v) is 7.75. The first kappa shape index (κ1) is 19.7. The summed E-state index contributed by atoms with van der Waals surface area (Å²) in [6, 6.07) is 5.91. The molecule has 1 atom stereocenters. The second-order valence-electron chi connectivity index (χ2n) is 5.23. The van der Waals surface area contributed by atoms with Gasteiger partial charge in [0.25, 0.3) is 0 Å². The van der Waals surface area contributed by atoms with Crippen LogP contribution in [0, 0.1) is 0 Å². The molecule has 0 saturated carbocycles. The number of amides is 2. The molecule has 1 aromatic rings. The zero-order valence-electron chi connectivity index (χ0n) is 13.6. The highest BCUT2D eigenvalue weighted by Crippen LogP contribution is 2.34. The molecule has 6 nitrogen and oxygen atoms in total. The topological polar surface area (TPSA) is 76.7 Å². The molecular formula is C16H17Cl3N2O4. The number of hydrogen-bond acceptors (Lipinski definition) is 4. The van der Waals surface area contributed by atoms with Gasteiger partial charge in [0.2, 0.25) is 3.79 Å². The molecule has 0 aromatic heterocycles. The third-order valence-corrected chi connectivity index (χ3v) is 3.71. The number of carbonyl (C=O) groups excluding carboxylic acids is 2. The lowest BCUT2D eigenvalue weighted by molar-refractivity contribution is -0.139. The average molecular weight is 408 g/mol. The molecule has 1 aliphatic rings. The van der Waals surface area contributed by atoms with Crippen LogP contribution in [0.3, 0.4) is 0 Å². The summed E-state index contributed by atoms with van der Waals surface area (Å²) in [4.78, 5) is 24.4. The van der Waals surface area contributed by atoms with Gasteiger partial charge in [-0.15, -0.1) is 0 Å². The van der Waals surface area contributed by atoms with Gasteiger partial charge in [-0.3, -0.25) is 0 Å². The van der Waals surface area contributed by atoms with Gasteiger partial charge in [0.05, 0.1) is 18.2 Å². The molecule has 25 heavy (non-hydrogen) atoms. The molecule has 0 saturated heterocycles. The van der Waals surface area contributed by atoms with E-state index in [4.69, 9.17) is 44.3 Å². The molecule has 2 rings (SSSR count). The van der Waals surface area contributed by atoms with Gasteiger partial charge in [-0.1, -0.05) is 53.0 Å². The number of urea groups is 1. The molecule has 1 heterocycles. The van der Waals surface area contributed by atoms with Crippen LogP contribution in [0.5, 0.6) is 5.75 Å². The van der Waals surface area contributed by atoms with Crippen molar-refractivity contribution in [3.05, 3.63) is 41.1 Å². The van der Waals surface area contributed by atoms with E-state index in [1.807, 2.05) is 6.92 Å². The Balaban J connectivity index is 2.39. The largest absolute Gasteiger partial charge is 0.494 e. The van der Waals surface area contributed by atoms with Crippen LogP contribution in [0.2, 0.25) is 0 Å². The standard InChI is InChI=1S/C16H17Cl3N2O4/c1-3-24-11-7-5-4-6-10(11)13-12(9(2)20-15(23)21-13)14(22)25-8-16(17,18)19/h4-7,13H,3,8H2,1-2H3,(H2,20,21,23)/t13-/m0/s1. The molecule has 0 radical (unpaired) electrons. The SMILES string of the molecule is CCOc1ccccc1[C@@H]1NC(=O)NC(C)=C1C(=O)OCC(Cl)(Cl)Cl. The Morgan fingerprint density at radius 2 is 1.96 bits per heavy atom. The Labute approximate surface area is 160 Å². The number of alkyl halides is 3. The number of ether oxygens (including phenoxy) is 2. The van der Waals surface area contributed by atoms with Gasteiger partial charge < -0.3 is 20.1 Å². The zero-order valence-corrected chi connectivity index (χ0v) is 15.8. The first-order chi connectivity index (χ1) is 11.7. The minimum Gasteiger partial charge on any atom is -0.494 e. The van der Waals surface area contributed by atoms with Crippen molar-refractivity contribution in [2.45, 2.75) is 23.7 Å². The summed E-state index contributed by atoms with van der Waals surface area (Å²) >= 11 is 16.9. The Morgan fingerprint density at radius 1 is 1.28 bits per heavy atom. The van der Waals surface area contributed by atoms with E-state index in [2.05, 4.69) is 10.6 Å². The van der Waals surface area contributed by atoms with Gasteiger partial charge in [-0.25, -0.2) is 9.59 Å². The third-order valence-electron chi connectivity index (χ3n) is 3.39. The normalized spacial score (nSPS) is 17.6. The highest BCUT2D eigenvalue weighted by atomic mass is 35.6. The zero-order chi connectivity index (χ0) is 18.6. The average Bonchev–Trinajstić information content (AvgIpc) is 2.52. The minimum atomic E-state index is -1.73. The van der Waals surface area contributed by atoms with Crippen LogP contribution in [0.4, 0.5) is 4.79 Å². The first-order valence-electron chi connectivity index (χ1n) is 7.46. The predicted octanol–water partition coefficient (Wildman–Crippen LogP) is 3.63. The number of nitrogens with one attached hydrogen (secondary N) is 2. The summed E-state index contributed by atoms with van der Waals surface area (Å²) in [5.41, 5.74) is 1.19. The Bertz CT molecular complexity index is 701. The number of carbonyl (C=O) groups is 2. The number of rotatable bonds is 5. The molecular weight excluding hydrogens is 391 g/mol. The van der Waals surface area contributed by atoms with Crippen molar-refractivity contribution in [1.82, 2.24) is 10.6 Å². The highest BCUT2D eigenvalue weighted by molar-refractivity contribution is 6.67. The maximum atomic E-state index is 12.5. The molecule has 0 spiro atoms. The number of halogens is 3. The predicted molar refractivity (Wildman–Crippen MR) is 96.0 cm³/mol. The maximum absolute atomic E-state index is 12.5. The van der Waals surface area contributed by atoms with Gasteiger partial charge in [0.15, 0.2) is 0 Å². The molecule has 0 fully saturated rings. The Kier molecular flexibility index (Phi) is 6.43. The number of esters is 1. The van der Waals surface area contributed by atoms with Crippen LogP contribution in [0.25, 0.3) is 0 Å². The van der Waals surface area contributed by atoms with E-state index in [0.717, 1.165) is 0 Å². The van der Waals surface area contributed by atoms with Gasteiger partial charge in [0, 0.05) is 11.3 Å². The Hall–Kier alpha value is -1.63. The van der Waals surface area contributed by atoms with Crippen molar-refractivity contribution in [2.24, 2.45) is 0 Å². The van der Waals surface area contributed by atoms with Crippen LogP contribution < -0.4 is 15.4 Å². The van der Waals surface area contributed by atoms with Crippen LogP contribution in [0.1, 0.15) is 25.5 Å². The van der Waals surface area contributed by atoms with Crippen molar-refractivity contribution in [2.75, 3.05) is 13.2 Å². The van der Waals surface area contributed by atoms with Crippen LogP contribution >= 0.6 is 34.8 Å². The second kappa shape index (κ2) is 8.17. The smallest absolute Gasteiger partial charge is 0.338 e. The third kappa shape index (κ3) is 5.17.